The van der Waals surface area contributed by atoms with Crippen LogP contribution in [0, 0.1) is 0 Å². The van der Waals surface area contributed by atoms with Gasteiger partial charge in [0, 0.05) is 6.07 Å². The van der Waals surface area contributed by atoms with Crippen LogP contribution in [-0.2, 0) is 6.61 Å². The van der Waals surface area contributed by atoms with Gasteiger partial charge in [0.05, 0.1) is 18.4 Å². The number of hydrogen-bond donors (Lipinski definition) is 1. The molecule has 0 aromatic carbocycles. The Morgan fingerprint density at radius 3 is 2.71 bits per heavy atom. The van der Waals surface area contributed by atoms with Crippen molar-refractivity contribution in [1.82, 2.24) is 10.2 Å². The molecule has 1 heterocycles. The molecule has 1 rings (SSSR count). The average Bonchev–Trinajstić information content (AvgIpc) is 2.19. The highest BCUT2D eigenvalue weighted by Gasteiger charge is 2.03. The van der Waals surface area contributed by atoms with Crippen LogP contribution >= 0.6 is 0 Å². The monoisotopic (exact) mass is 196 g/mol. The van der Waals surface area contributed by atoms with Gasteiger partial charge in [0.15, 0.2) is 0 Å². The molecule has 4 heteroatoms. The minimum Gasteiger partial charge on any atom is -0.474 e. The smallest absolute Gasteiger partial charge is 0.233 e. The van der Waals surface area contributed by atoms with Crippen molar-refractivity contribution in [3.8, 4) is 5.88 Å². The van der Waals surface area contributed by atoms with Crippen LogP contribution in [0.15, 0.2) is 12.1 Å². The van der Waals surface area contributed by atoms with Crippen molar-refractivity contribution in [1.29, 1.82) is 0 Å². The molecule has 4 nitrogen and oxygen atoms in total. The van der Waals surface area contributed by atoms with Gasteiger partial charge in [-0.15, -0.1) is 10.2 Å². The van der Waals surface area contributed by atoms with Crippen molar-refractivity contribution in [3.05, 3.63) is 17.8 Å². The van der Waals surface area contributed by atoms with E-state index in [0.717, 1.165) is 12.8 Å². The zero-order valence-corrected chi connectivity index (χ0v) is 8.60. The van der Waals surface area contributed by atoms with E-state index in [9.17, 15) is 0 Å². The zero-order valence-electron chi connectivity index (χ0n) is 8.60. The van der Waals surface area contributed by atoms with Crippen LogP contribution in [-0.4, -0.2) is 21.4 Å². The standard InChI is InChI=1S/C10H16N2O2/c1-3-4-8(2)14-10-6-5-9(7-13)11-12-10/h5-6,8,13H,3-4,7H2,1-2H3. The van der Waals surface area contributed by atoms with Gasteiger partial charge in [0.2, 0.25) is 5.88 Å². The summed E-state index contributed by atoms with van der Waals surface area (Å²) in [7, 11) is 0. The summed E-state index contributed by atoms with van der Waals surface area (Å²) in [4.78, 5) is 0. The molecule has 78 valence electrons. The molecule has 1 aromatic rings. The maximum Gasteiger partial charge on any atom is 0.233 e. The first-order valence-electron chi connectivity index (χ1n) is 4.86. The molecule has 0 bridgehead atoms. The number of ether oxygens (including phenoxy) is 1. The lowest BCUT2D eigenvalue weighted by atomic mass is 10.2. The van der Waals surface area contributed by atoms with Crippen LogP contribution in [0.2, 0.25) is 0 Å². The lowest BCUT2D eigenvalue weighted by molar-refractivity contribution is 0.198. The molecule has 0 amide bonds. The Morgan fingerprint density at radius 2 is 2.21 bits per heavy atom. The summed E-state index contributed by atoms with van der Waals surface area (Å²) in [5, 5.41) is 16.4. The first-order chi connectivity index (χ1) is 6.76. The van der Waals surface area contributed by atoms with Crippen LogP contribution in [0.3, 0.4) is 0 Å². The maximum atomic E-state index is 8.75. The van der Waals surface area contributed by atoms with Crippen LogP contribution in [0.25, 0.3) is 0 Å². The third-order valence-electron chi connectivity index (χ3n) is 1.87. The van der Waals surface area contributed by atoms with Gasteiger partial charge < -0.3 is 9.84 Å². The summed E-state index contributed by atoms with van der Waals surface area (Å²) in [6.45, 7) is 4.03. The first kappa shape index (κ1) is 10.9. The lowest BCUT2D eigenvalue weighted by Gasteiger charge is -2.11. The Balaban J connectivity index is 2.50. The molecule has 1 atom stereocenters. The fourth-order valence-corrected chi connectivity index (χ4v) is 1.17. The molecular weight excluding hydrogens is 180 g/mol. The van der Waals surface area contributed by atoms with Crippen molar-refractivity contribution < 1.29 is 9.84 Å². The summed E-state index contributed by atoms with van der Waals surface area (Å²) in [5.74, 6) is 0.517. The molecule has 1 aromatic heterocycles. The molecule has 0 fully saturated rings. The van der Waals surface area contributed by atoms with Crippen molar-refractivity contribution >= 4 is 0 Å². The van der Waals surface area contributed by atoms with E-state index in [-0.39, 0.29) is 12.7 Å². The Morgan fingerprint density at radius 1 is 1.43 bits per heavy atom. The Labute approximate surface area is 83.9 Å². The van der Waals surface area contributed by atoms with Gasteiger partial charge in [-0.05, 0) is 19.4 Å². The highest BCUT2D eigenvalue weighted by Crippen LogP contribution is 2.09. The summed E-state index contributed by atoms with van der Waals surface area (Å²) in [6, 6.07) is 3.44. The summed E-state index contributed by atoms with van der Waals surface area (Å²) in [6.07, 6.45) is 2.25. The van der Waals surface area contributed by atoms with E-state index in [1.807, 2.05) is 6.92 Å². The van der Waals surface area contributed by atoms with E-state index in [1.54, 1.807) is 12.1 Å². The van der Waals surface area contributed by atoms with E-state index < -0.39 is 0 Å². The van der Waals surface area contributed by atoms with Crippen molar-refractivity contribution in [2.45, 2.75) is 39.4 Å². The number of aliphatic hydroxyl groups is 1. The predicted octanol–water partition coefficient (Wildman–Crippen LogP) is 1.54. The summed E-state index contributed by atoms with van der Waals surface area (Å²) < 4.78 is 5.50. The third kappa shape index (κ3) is 3.30. The van der Waals surface area contributed by atoms with Crippen LogP contribution in [0.5, 0.6) is 5.88 Å². The highest BCUT2D eigenvalue weighted by molar-refractivity contribution is 5.11. The molecular formula is C10H16N2O2. The van der Waals surface area contributed by atoms with Crippen molar-refractivity contribution in [3.63, 3.8) is 0 Å². The molecule has 0 aliphatic carbocycles. The minimum atomic E-state index is -0.0855. The van der Waals surface area contributed by atoms with E-state index in [2.05, 4.69) is 17.1 Å². The second kappa shape index (κ2) is 5.54. The Kier molecular flexibility index (Phi) is 4.32. The maximum absolute atomic E-state index is 8.75. The molecule has 0 aliphatic heterocycles. The lowest BCUT2D eigenvalue weighted by Crippen LogP contribution is -2.12. The second-order valence-corrected chi connectivity index (χ2v) is 3.24. The van der Waals surface area contributed by atoms with Gasteiger partial charge in [-0.25, -0.2) is 0 Å². The molecule has 0 saturated carbocycles. The molecule has 0 radical (unpaired) electrons. The second-order valence-electron chi connectivity index (χ2n) is 3.24. The van der Waals surface area contributed by atoms with Crippen LogP contribution in [0.4, 0.5) is 0 Å². The van der Waals surface area contributed by atoms with Crippen molar-refractivity contribution in [2.24, 2.45) is 0 Å². The normalized spacial score (nSPS) is 12.5. The zero-order chi connectivity index (χ0) is 10.4. The summed E-state index contributed by atoms with van der Waals surface area (Å²) in [5.41, 5.74) is 0.556. The SMILES string of the molecule is CCCC(C)Oc1ccc(CO)nn1. The van der Waals surface area contributed by atoms with Crippen LogP contribution in [0.1, 0.15) is 32.4 Å². The van der Waals surface area contributed by atoms with Gasteiger partial charge in [0.25, 0.3) is 0 Å². The van der Waals surface area contributed by atoms with Gasteiger partial charge in [0.1, 0.15) is 0 Å². The van der Waals surface area contributed by atoms with E-state index in [4.69, 9.17) is 9.84 Å². The molecule has 0 aliphatic rings. The minimum absolute atomic E-state index is 0.0855. The van der Waals surface area contributed by atoms with Crippen LogP contribution < -0.4 is 4.74 Å². The molecule has 1 N–H and O–H groups in total. The fraction of sp³-hybridized carbons (Fsp3) is 0.600. The first-order valence-corrected chi connectivity index (χ1v) is 4.86. The van der Waals surface area contributed by atoms with Gasteiger partial charge in [-0.2, -0.15) is 0 Å². The topological polar surface area (TPSA) is 55.2 Å². The number of aromatic nitrogens is 2. The highest BCUT2D eigenvalue weighted by atomic mass is 16.5. The Hall–Kier alpha value is -1.16. The quantitative estimate of drug-likeness (QED) is 0.776. The number of hydrogen-bond acceptors (Lipinski definition) is 4. The molecule has 14 heavy (non-hydrogen) atoms. The Bertz CT molecular complexity index is 261. The van der Waals surface area contributed by atoms with Gasteiger partial charge in [-0.3, -0.25) is 0 Å². The summed E-state index contributed by atoms with van der Waals surface area (Å²) >= 11 is 0. The molecule has 1 unspecified atom stereocenters. The van der Waals surface area contributed by atoms with E-state index >= 15 is 0 Å². The third-order valence-corrected chi connectivity index (χ3v) is 1.87. The van der Waals surface area contributed by atoms with Crippen molar-refractivity contribution in [2.75, 3.05) is 0 Å². The largest absolute Gasteiger partial charge is 0.474 e. The van der Waals surface area contributed by atoms with Gasteiger partial charge >= 0.3 is 0 Å². The molecule has 0 saturated heterocycles. The fourth-order valence-electron chi connectivity index (χ4n) is 1.17. The van der Waals surface area contributed by atoms with E-state index in [0.29, 0.717) is 11.6 Å². The predicted molar refractivity (Wildman–Crippen MR) is 53.0 cm³/mol. The van der Waals surface area contributed by atoms with E-state index in [1.165, 1.54) is 0 Å². The number of nitrogens with zero attached hydrogens (tertiary/aromatic N) is 2. The number of aliphatic hydroxyl groups excluding tert-OH is 1. The van der Waals surface area contributed by atoms with Gasteiger partial charge in [-0.1, -0.05) is 13.3 Å². The molecule has 0 spiro atoms. The average molecular weight is 196 g/mol. The number of rotatable bonds is 5.